The lowest BCUT2D eigenvalue weighted by Gasteiger charge is -2.09. The molecular weight excluding hydrogens is 270 g/mol. The van der Waals surface area contributed by atoms with Crippen molar-refractivity contribution in [2.45, 2.75) is 33.1 Å². The molecule has 4 nitrogen and oxygen atoms in total. The van der Waals surface area contributed by atoms with E-state index < -0.39 is 0 Å². The van der Waals surface area contributed by atoms with Crippen molar-refractivity contribution < 1.29 is 4.74 Å². The van der Waals surface area contributed by atoms with Gasteiger partial charge in [0, 0.05) is 31.1 Å². The Labute approximate surface area is 123 Å². The molecule has 1 unspecified atom stereocenters. The summed E-state index contributed by atoms with van der Waals surface area (Å²) in [6, 6.07) is 2.22. The second-order valence-corrected chi connectivity index (χ2v) is 6.35. The molecule has 1 atom stereocenters. The number of rotatable bonds is 5. The maximum atomic E-state index is 5.45. The fourth-order valence-corrected chi connectivity index (χ4v) is 3.57. The molecule has 2 aromatic heterocycles. The highest BCUT2D eigenvalue weighted by atomic mass is 32.1. The zero-order chi connectivity index (χ0) is 13.9. The monoisotopic (exact) mass is 291 g/mol. The van der Waals surface area contributed by atoms with Gasteiger partial charge in [-0.1, -0.05) is 6.92 Å². The van der Waals surface area contributed by atoms with E-state index in [4.69, 9.17) is 14.7 Å². The Bertz CT molecular complexity index is 590. The van der Waals surface area contributed by atoms with Gasteiger partial charge in [-0.05, 0) is 31.7 Å². The van der Waals surface area contributed by atoms with Gasteiger partial charge in [0.1, 0.15) is 16.5 Å². The van der Waals surface area contributed by atoms with Crippen LogP contribution in [0.1, 0.15) is 31.0 Å². The van der Waals surface area contributed by atoms with Crippen LogP contribution in [0.25, 0.3) is 10.2 Å². The second-order valence-electron chi connectivity index (χ2n) is 5.24. The van der Waals surface area contributed by atoms with Gasteiger partial charge in [0.2, 0.25) is 0 Å². The lowest BCUT2D eigenvalue weighted by atomic mass is 10.0. The minimum Gasteiger partial charge on any atom is -0.381 e. The molecule has 1 aliphatic heterocycles. The number of thiophene rings is 1. The normalized spacial score (nSPS) is 18.8. The predicted octanol–water partition coefficient (Wildman–Crippen LogP) is 3.26. The molecular formula is C15H21N3OS. The van der Waals surface area contributed by atoms with Crippen LogP contribution >= 0.6 is 11.3 Å². The van der Waals surface area contributed by atoms with Gasteiger partial charge in [-0.15, -0.1) is 11.3 Å². The molecule has 0 amide bonds. The molecule has 3 heterocycles. The van der Waals surface area contributed by atoms with Crippen LogP contribution in [0.4, 0.5) is 5.82 Å². The predicted molar refractivity (Wildman–Crippen MR) is 83.6 cm³/mol. The second kappa shape index (κ2) is 6.06. The van der Waals surface area contributed by atoms with Crippen LogP contribution in [-0.4, -0.2) is 29.7 Å². The highest BCUT2D eigenvalue weighted by Crippen LogP contribution is 2.30. The summed E-state index contributed by atoms with van der Waals surface area (Å²) in [7, 11) is 0. The Balaban J connectivity index is 1.95. The molecule has 0 saturated carbocycles. The van der Waals surface area contributed by atoms with Gasteiger partial charge in [0.05, 0.1) is 5.39 Å². The van der Waals surface area contributed by atoms with E-state index in [1.165, 1.54) is 10.3 Å². The number of fused-ring (bicyclic) bond motifs is 1. The Morgan fingerprint density at radius 1 is 1.40 bits per heavy atom. The molecule has 1 saturated heterocycles. The number of hydrogen-bond acceptors (Lipinski definition) is 5. The van der Waals surface area contributed by atoms with Crippen LogP contribution in [0.2, 0.25) is 0 Å². The van der Waals surface area contributed by atoms with E-state index in [0.29, 0.717) is 5.92 Å². The zero-order valence-corrected chi connectivity index (χ0v) is 12.9. The smallest absolute Gasteiger partial charge is 0.138 e. The highest BCUT2D eigenvalue weighted by Gasteiger charge is 2.19. The van der Waals surface area contributed by atoms with Crippen LogP contribution in [0.15, 0.2) is 6.07 Å². The number of aromatic nitrogens is 2. The highest BCUT2D eigenvalue weighted by molar-refractivity contribution is 7.18. The first kappa shape index (κ1) is 13.8. The van der Waals surface area contributed by atoms with Crippen molar-refractivity contribution in [2.24, 2.45) is 5.92 Å². The van der Waals surface area contributed by atoms with E-state index in [9.17, 15) is 0 Å². The summed E-state index contributed by atoms with van der Waals surface area (Å²) in [6.45, 7) is 6.90. The van der Waals surface area contributed by atoms with E-state index in [1.54, 1.807) is 11.3 Å². The Kier molecular flexibility index (Phi) is 4.17. The lowest BCUT2D eigenvalue weighted by molar-refractivity contribution is 0.185. The minimum absolute atomic E-state index is 0.576. The molecule has 0 aromatic carbocycles. The zero-order valence-electron chi connectivity index (χ0n) is 12.1. The number of nitrogens with zero attached hydrogens (tertiary/aromatic N) is 2. The van der Waals surface area contributed by atoms with Crippen LogP contribution < -0.4 is 5.32 Å². The molecule has 3 rings (SSSR count). The Morgan fingerprint density at radius 2 is 2.30 bits per heavy atom. The molecule has 1 fully saturated rings. The molecule has 0 spiro atoms. The molecule has 1 aliphatic rings. The largest absolute Gasteiger partial charge is 0.381 e. The molecule has 0 radical (unpaired) electrons. The summed E-state index contributed by atoms with van der Waals surface area (Å²) in [5.74, 6) is 2.52. The van der Waals surface area contributed by atoms with Crippen molar-refractivity contribution in [2.75, 3.05) is 25.1 Å². The number of nitrogens with one attached hydrogen (secondary N) is 1. The van der Waals surface area contributed by atoms with Gasteiger partial charge in [-0.25, -0.2) is 9.97 Å². The van der Waals surface area contributed by atoms with Crippen LogP contribution in [0.3, 0.4) is 0 Å². The third-order valence-electron chi connectivity index (χ3n) is 3.68. The van der Waals surface area contributed by atoms with Gasteiger partial charge in [-0.2, -0.15) is 0 Å². The summed E-state index contributed by atoms with van der Waals surface area (Å²) in [4.78, 5) is 12.0. The van der Waals surface area contributed by atoms with Crippen LogP contribution in [0.5, 0.6) is 0 Å². The molecule has 0 bridgehead atoms. The fraction of sp³-hybridized carbons (Fsp3) is 0.600. The standard InChI is InChI=1S/C15H21N3OS/c1-3-11-8-12-14(16-4-2)17-13(18-15(12)20-11)7-10-5-6-19-9-10/h8,10H,3-7,9H2,1-2H3,(H,16,17,18). The molecule has 108 valence electrons. The van der Waals surface area contributed by atoms with E-state index in [0.717, 1.165) is 55.5 Å². The first-order valence-corrected chi connectivity index (χ1v) is 8.22. The fourth-order valence-electron chi connectivity index (χ4n) is 2.59. The van der Waals surface area contributed by atoms with E-state index in [1.807, 2.05) is 0 Å². The first-order valence-electron chi connectivity index (χ1n) is 7.41. The number of aryl methyl sites for hydroxylation is 1. The van der Waals surface area contributed by atoms with Crippen molar-refractivity contribution in [3.8, 4) is 0 Å². The van der Waals surface area contributed by atoms with Crippen molar-refractivity contribution in [3.63, 3.8) is 0 Å². The first-order chi connectivity index (χ1) is 9.80. The van der Waals surface area contributed by atoms with Crippen molar-refractivity contribution in [1.29, 1.82) is 0 Å². The summed E-state index contributed by atoms with van der Waals surface area (Å²) < 4.78 is 5.45. The molecule has 2 aromatic rings. The Morgan fingerprint density at radius 3 is 3.00 bits per heavy atom. The molecule has 5 heteroatoms. The van der Waals surface area contributed by atoms with Crippen molar-refractivity contribution >= 4 is 27.4 Å². The van der Waals surface area contributed by atoms with Crippen LogP contribution in [-0.2, 0) is 17.6 Å². The van der Waals surface area contributed by atoms with Crippen molar-refractivity contribution in [1.82, 2.24) is 9.97 Å². The summed E-state index contributed by atoms with van der Waals surface area (Å²) >= 11 is 1.79. The van der Waals surface area contributed by atoms with Gasteiger partial charge in [0.25, 0.3) is 0 Å². The molecule has 20 heavy (non-hydrogen) atoms. The average molecular weight is 291 g/mol. The van der Waals surface area contributed by atoms with E-state index in [-0.39, 0.29) is 0 Å². The average Bonchev–Trinajstić information content (AvgIpc) is 3.08. The number of hydrogen-bond donors (Lipinski definition) is 1. The molecule has 1 N–H and O–H groups in total. The van der Waals surface area contributed by atoms with Gasteiger partial charge >= 0.3 is 0 Å². The minimum atomic E-state index is 0.576. The topological polar surface area (TPSA) is 47.0 Å². The van der Waals surface area contributed by atoms with Crippen LogP contribution in [0, 0.1) is 5.92 Å². The van der Waals surface area contributed by atoms with E-state index >= 15 is 0 Å². The third kappa shape index (κ3) is 2.79. The number of ether oxygens (including phenoxy) is 1. The van der Waals surface area contributed by atoms with E-state index in [2.05, 4.69) is 25.2 Å². The van der Waals surface area contributed by atoms with Crippen molar-refractivity contribution in [3.05, 3.63) is 16.8 Å². The summed E-state index contributed by atoms with van der Waals surface area (Å²) in [6.07, 6.45) is 3.11. The quantitative estimate of drug-likeness (QED) is 0.918. The SMILES string of the molecule is CCNc1nc(CC2CCOC2)nc2sc(CC)cc12. The maximum absolute atomic E-state index is 5.45. The van der Waals surface area contributed by atoms with Gasteiger partial charge < -0.3 is 10.1 Å². The molecule has 0 aliphatic carbocycles. The third-order valence-corrected chi connectivity index (χ3v) is 4.85. The van der Waals surface area contributed by atoms with Gasteiger partial charge in [0.15, 0.2) is 0 Å². The Hall–Kier alpha value is -1.20. The lowest BCUT2D eigenvalue weighted by Crippen LogP contribution is -2.09. The maximum Gasteiger partial charge on any atom is 0.138 e. The number of anilines is 1. The summed E-state index contributed by atoms with van der Waals surface area (Å²) in [5, 5.41) is 4.54. The van der Waals surface area contributed by atoms with Gasteiger partial charge in [-0.3, -0.25) is 0 Å². The summed E-state index contributed by atoms with van der Waals surface area (Å²) in [5.41, 5.74) is 0.